The van der Waals surface area contributed by atoms with E-state index < -0.39 is 36.2 Å². The first-order chi connectivity index (χ1) is 14.2. The van der Waals surface area contributed by atoms with Crippen LogP contribution in [0.25, 0.3) is 0 Å². The maximum absolute atomic E-state index is 13.7. The van der Waals surface area contributed by atoms with Gasteiger partial charge >= 0.3 is 5.97 Å². The molecule has 7 heteroatoms. The summed E-state index contributed by atoms with van der Waals surface area (Å²) in [4.78, 5) is 38.5. The van der Waals surface area contributed by atoms with Crippen molar-refractivity contribution in [2.24, 2.45) is 5.92 Å². The Morgan fingerprint density at radius 3 is 2.30 bits per heavy atom. The van der Waals surface area contributed by atoms with Crippen LogP contribution in [0.3, 0.4) is 0 Å². The van der Waals surface area contributed by atoms with Crippen molar-refractivity contribution in [3.05, 3.63) is 71.0 Å². The van der Waals surface area contributed by atoms with Crippen LogP contribution in [0.2, 0.25) is 0 Å². The Hall–Kier alpha value is -3.22. The third-order valence-electron chi connectivity index (χ3n) is 4.65. The SMILES string of the molecule is Cc1ccc(C(=O)N[C@H](C(=O)OCC(=O)N(C)Cc2ccccc2F)C(C)C)cc1. The first kappa shape index (κ1) is 23.1. The van der Waals surface area contributed by atoms with Gasteiger partial charge in [-0.2, -0.15) is 0 Å². The number of likely N-dealkylation sites (N-methyl/N-ethyl adjacent to an activating group) is 1. The van der Waals surface area contributed by atoms with Gasteiger partial charge in [0.15, 0.2) is 6.61 Å². The molecule has 0 aliphatic carbocycles. The average molecular weight is 414 g/mol. The minimum Gasteiger partial charge on any atom is -0.454 e. The van der Waals surface area contributed by atoms with E-state index >= 15 is 0 Å². The number of ether oxygens (including phenoxy) is 1. The molecule has 1 N–H and O–H groups in total. The predicted octanol–water partition coefficient (Wildman–Crippen LogP) is 3.09. The molecule has 1 atom stereocenters. The molecule has 0 heterocycles. The standard InChI is InChI=1S/C23H27FN2O4/c1-15(2)21(25-22(28)17-11-9-16(3)10-12-17)23(29)30-14-20(27)26(4)13-18-7-5-6-8-19(18)24/h5-12,15,21H,13-14H2,1-4H3,(H,25,28)/t21-/m0/s1. The van der Waals surface area contributed by atoms with Gasteiger partial charge in [-0.1, -0.05) is 49.7 Å². The van der Waals surface area contributed by atoms with Gasteiger partial charge in [0.05, 0.1) is 0 Å². The highest BCUT2D eigenvalue weighted by atomic mass is 19.1. The molecule has 160 valence electrons. The monoisotopic (exact) mass is 414 g/mol. The van der Waals surface area contributed by atoms with Gasteiger partial charge in [0, 0.05) is 24.7 Å². The molecule has 0 aliphatic rings. The molecule has 2 aromatic rings. The molecule has 6 nitrogen and oxygen atoms in total. The molecule has 0 aromatic heterocycles. The lowest BCUT2D eigenvalue weighted by atomic mass is 10.0. The minimum absolute atomic E-state index is 0.0564. The van der Waals surface area contributed by atoms with Gasteiger partial charge in [0.25, 0.3) is 11.8 Å². The van der Waals surface area contributed by atoms with Crippen molar-refractivity contribution >= 4 is 17.8 Å². The lowest BCUT2D eigenvalue weighted by molar-refractivity contribution is -0.154. The Morgan fingerprint density at radius 2 is 1.70 bits per heavy atom. The van der Waals surface area contributed by atoms with Gasteiger partial charge in [0.2, 0.25) is 0 Å². The summed E-state index contributed by atoms with van der Waals surface area (Å²) in [5.74, 6) is -2.21. The van der Waals surface area contributed by atoms with Crippen molar-refractivity contribution in [2.75, 3.05) is 13.7 Å². The van der Waals surface area contributed by atoms with E-state index in [4.69, 9.17) is 4.74 Å². The third kappa shape index (κ3) is 6.40. The first-order valence-electron chi connectivity index (χ1n) is 9.70. The van der Waals surface area contributed by atoms with Crippen molar-refractivity contribution in [1.82, 2.24) is 10.2 Å². The number of amides is 2. The van der Waals surface area contributed by atoms with E-state index in [1.807, 2.05) is 19.1 Å². The second-order valence-electron chi connectivity index (χ2n) is 7.51. The maximum Gasteiger partial charge on any atom is 0.329 e. The van der Waals surface area contributed by atoms with E-state index in [0.717, 1.165) is 5.56 Å². The molecular weight excluding hydrogens is 387 g/mol. The topological polar surface area (TPSA) is 75.7 Å². The fourth-order valence-electron chi connectivity index (χ4n) is 2.73. The summed E-state index contributed by atoms with van der Waals surface area (Å²) in [6, 6.07) is 12.2. The molecule has 0 aliphatic heterocycles. The molecule has 0 fully saturated rings. The van der Waals surface area contributed by atoms with E-state index in [-0.39, 0.29) is 12.5 Å². The lowest BCUT2D eigenvalue weighted by Gasteiger charge is -2.22. The maximum atomic E-state index is 13.7. The van der Waals surface area contributed by atoms with Crippen LogP contribution < -0.4 is 5.32 Å². The van der Waals surface area contributed by atoms with Crippen LogP contribution in [-0.2, 0) is 20.9 Å². The van der Waals surface area contributed by atoms with E-state index in [0.29, 0.717) is 11.1 Å². The van der Waals surface area contributed by atoms with Crippen LogP contribution in [0.4, 0.5) is 4.39 Å². The van der Waals surface area contributed by atoms with Gasteiger partial charge in [0.1, 0.15) is 11.9 Å². The third-order valence-corrected chi connectivity index (χ3v) is 4.65. The normalized spacial score (nSPS) is 11.7. The predicted molar refractivity (Wildman–Crippen MR) is 111 cm³/mol. The van der Waals surface area contributed by atoms with E-state index in [9.17, 15) is 18.8 Å². The number of benzene rings is 2. The highest BCUT2D eigenvalue weighted by molar-refractivity contribution is 5.97. The molecule has 0 saturated carbocycles. The summed E-state index contributed by atoms with van der Waals surface area (Å²) < 4.78 is 18.9. The molecule has 0 unspecified atom stereocenters. The molecule has 0 spiro atoms. The van der Waals surface area contributed by atoms with Gasteiger partial charge in [-0.3, -0.25) is 9.59 Å². The van der Waals surface area contributed by atoms with Crippen LogP contribution in [0.1, 0.15) is 35.3 Å². The molecule has 2 amide bonds. The zero-order valence-corrected chi connectivity index (χ0v) is 17.6. The molecule has 0 bridgehead atoms. The van der Waals surface area contributed by atoms with Gasteiger partial charge < -0.3 is 15.0 Å². The molecule has 0 radical (unpaired) electrons. The van der Waals surface area contributed by atoms with Crippen molar-refractivity contribution in [1.29, 1.82) is 0 Å². The van der Waals surface area contributed by atoms with Crippen LogP contribution in [0.5, 0.6) is 0 Å². The highest BCUT2D eigenvalue weighted by Crippen LogP contribution is 2.10. The Kier molecular flexibility index (Phi) is 8.09. The van der Waals surface area contributed by atoms with Crippen molar-refractivity contribution < 1.29 is 23.5 Å². The van der Waals surface area contributed by atoms with E-state index in [1.165, 1.54) is 18.0 Å². The van der Waals surface area contributed by atoms with Gasteiger partial charge in [-0.05, 0) is 31.0 Å². The average Bonchev–Trinajstić information content (AvgIpc) is 2.71. The van der Waals surface area contributed by atoms with Gasteiger partial charge in [-0.15, -0.1) is 0 Å². The number of rotatable bonds is 8. The smallest absolute Gasteiger partial charge is 0.329 e. The van der Waals surface area contributed by atoms with E-state index in [2.05, 4.69) is 5.32 Å². The number of hydrogen-bond acceptors (Lipinski definition) is 4. The number of nitrogens with one attached hydrogen (secondary N) is 1. The minimum atomic E-state index is -0.900. The fourth-order valence-corrected chi connectivity index (χ4v) is 2.73. The summed E-state index contributed by atoms with van der Waals surface area (Å²) in [6.07, 6.45) is 0. The number of carbonyl (C=O) groups is 3. The zero-order chi connectivity index (χ0) is 22.3. The summed E-state index contributed by atoms with van der Waals surface area (Å²) in [7, 11) is 1.50. The number of carbonyl (C=O) groups excluding carboxylic acids is 3. The number of esters is 1. The molecule has 2 rings (SSSR count). The summed E-state index contributed by atoms with van der Waals surface area (Å²) in [5, 5.41) is 2.66. The quantitative estimate of drug-likeness (QED) is 0.674. The Morgan fingerprint density at radius 1 is 1.07 bits per heavy atom. The number of halogens is 1. The van der Waals surface area contributed by atoms with Crippen LogP contribution in [0, 0.1) is 18.7 Å². The second kappa shape index (κ2) is 10.5. The largest absolute Gasteiger partial charge is 0.454 e. The highest BCUT2D eigenvalue weighted by Gasteiger charge is 2.27. The molecule has 0 saturated heterocycles. The van der Waals surface area contributed by atoms with Crippen LogP contribution in [-0.4, -0.2) is 42.4 Å². The molecular formula is C23H27FN2O4. The summed E-state index contributed by atoms with van der Waals surface area (Å²) in [6.45, 7) is 5.02. The van der Waals surface area contributed by atoms with Gasteiger partial charge in [-0.25, -0.2) is 9.18 Å². The van der Waals surface area contributed by atoms with E-state index in [1.54, 1.807) is 44.2 Å². The second-order valence-corrected chi connectivity index (χ2v) is 7.51. The first-order valence-corrected chi connectivity index (χ1v) is 9.70. The van der Waals surface area contributed by atoms with Crippen LogP contribution >= 0.6 is 0 Å². The van der Waals surface area contributed by atoms with Crippen molar-refractivity contribution in [2.45, 2.75) is 33.4 Å². The molecule has 30 heavy (non-hydrogen) atoms. The van der Waals surface area contributed by atoms with Crippen molar-refractivity contribution in [3.63, 3.8) is 0 Å². The lowest BCUT2D eigenvalue weighted by Crippen LogP contribution is -2.46. The Bertz CT molecular complexity index is 896. The number of hydrogen-bond donors (Lipinski definition) is 1. The van der Waals surface area contributed by atoms with Crippen molar-refractivity contribution in [3.8, 4) is 0 Å². The number of aryl methyl sites for hydroxylation is 1. The summed E-state index contributed by atoms with van der Waals surface area (Å²) in [5.41, 5.74) is 1.81. The molecule has 2 aromatic carbocycles. The zero-order valence-electron chi connectivity index (χ0n) is 17.6. The Balaban J connectivity index is 1.92. The van der Waals surface area contributed by atoms with Crippen LogP contribution in [0.15, 0.2) is 48.5 Å². The Labute approximate surface area is 176 Å². The fraction of sp³-hybridized carbons (Fsp3) is 0.348. The number of nitrogens with zero attached hydrogens (tertiary/aromatic N) is 1. The summed E-state index contributed by atoms with van der Waals surface area (Å²) >= 11 is 0.